The second-order valence-electron chi connectivity index (χ2n) is 9.70. The van der Waals surface area contributed by atoms with E-state index in [2.05, 4.69) is 24.0 Å². The zero-order chi connectivity index (χ0) is 26.5. The van der Waals surface area contributed by atoms with E-state index in [4.69, 9.17) is 11.3 Å². The average Bonchev–Trinajstić information content (AvgIpc) is 3.20. The first kappa shape index (κ1) is 26.7. The van der Waals surface area contributed by atoms with Crippen LogP contribution < -0.4 is 4.74 Å². The minimum Gasteiger partial charge on any atom is -0.406 e. The first-order chi connectivity index (χ1) is 17.7. The van der Waals surface area contributed by atoms with Crippen molar-refractivity contribution < 1.29 is 22.6 Å². The van der Waals surface area contributed by atoms with Gasteiger partial charge in [0.2, 0.25) is 0 Å². The van der Waals surface area contributed by atoms with Gasteiger partial charge in [0, 0.05) is 31.8 Å². The Labute approximate surface area is 215 Å². The van der Waals surface area contributed by atoms with Gasteiger partial charge in [-0.3, -0.25) is 4.90 Å². The summed E-state index contributed by atoms with van der Waals surface area (Å²) in [5, 5.41) is 0. The van der Waals surface area contributed by atoms with E-state index >= 15 is 0 Å². The van der Waals surface area contributed by atoms with Crippen LogP contribution in [0.3, 0.4) is 0 Å². The van der Waals surface area contributed by atoms with Crippen molar-refractivity contribution in [3.63, 3.8) is 0 Å². The van der Waals surface area contributed by atoms with Crippen molar-refractivity contribution in [2.45, 2.75) is 45.6 Å². The van der Waals surface area contributed by atoms with Crippen LogP contribution >= 0.6 is 0 Å². The minimum atomic E-state index is -4.73. The molecule has 1 aliphatic rings. The lowest BCUT2D eigenvalue weighted by Crippen LogP contribution is -2.43. The molecule has 37 heavy (non-hydrogen) atoms. The molecule has 1 aromatic heterocycles. The third-order valence-corrected chi connectivity index (χ3v) is 7.06. The first-order valence-corrected chi connectivity index (χ1v) is 12.2. The summed E-state index contributed by atoms with van der Waals surface area (Å²) in [5.41, 5.74) is 3.11. The molecule has 0 N–H and O–H groups in total. The number of rotatable bonds is 9. The number of hydrogen-bond donors (Lipinski definition) is 0. The van der Waals surface area contributed by atoms with Crippen LogP contribution in [0.1, 0.15) is 35.5 Å². The highest BCUT2D eigenvalue weighted by molar-refractivity contribution is 5.45. The second kappa shape index (κ2) is 11.4. The molecule has 3 aromatic rings. The Balaban J connectivity index is 1.43. The molecule has 1 saturated heterocycles. The van der Waals surface area contributed by atoms with E-state index in [0.29, 0.717) is 30.8 Å². The molecule has 2 heterocycles. The molecule has 0 saturated carbocycles. The topological polar surface area (TPSA) is 43.9 Å². The molecule has 0 aliphatic carbocycles. The fourth-order valence-corrected chi connectivity index (χ4v) is 5.09. The Morgan fingerprint density at radius 2 is 1.76 bits per heavy atom. The number of piperidine rings is 1. The highest BCUT2D eigenvalue weighted by Gasteiger charge is 2.37. The molecule has 1 fully saturated rings. The summed E-state index contributed by atoms with van der Waals surface area (Å²) >= 11 is 0. The fraction of sp³-hybridized carbons (Fsp3) is 0.429. The summed E-state index contributed by atoms with van der Waals surface area (Å²) in [7, 11) is 1.64. The van der Waals surface area contributed by atoms with E-state index in [0.717, 1.165) is 49.6 Å². The van der Waals surface area contributed by atoms with Crippen LogP contribution in [0.2, 0.25) is 0 Å². The van der Waals surface area contributed by atoms with E-state index in [9.17, 15) is 13.2 Å². The van der Waals surface area contributed by atoms with Gasteiger partial charge in [-0.1, -0.05) is 42.5 Å². The summed E-state index contributed by atoms with van der Waals surface area (Å²) in [6, 6.07) is 14.0. The maximum Gasteiger partial charge on any atom is 0.573 e. The quantitative estimate of drug-likeness (QED) is 0.322. The van der Waals surface area contributed by atoms with Crippen LogP contribution in [0.5, 0.6) is 5.75 Å². The van der Waals surface area contributed by atoms with Crippen LogP contribution in [0.25, 0.3) is 4.85 Å². The van der Waals surface area contributed by atoms with E-state index in [1.807, 2.05) is 37.4 Å². The molecule has 2 aromatic carbocycles. The molecule has 0 atom stereocenters. The number of imidazole rings is 1. The van der Waals surface area contributed by atoms with Gasteiger partial charge in [-0.05, 0) is 56.5 Å². The van der Waals surface area contributed by atoms with Crippen LogP contribution in [0.15, 0.2) is 54.7 Å². The van der Waals surface area contributed by atoms with Gasteiger partial charge < -0.3 is 14.0 Å². The monoisotopic (exact) mass is 512 g/mol. The number of para-hydroxylation sites is 1. The van der Waals surface area contributed by atoms with Gasteiger partial charge in [-0.2, -0.15) is 0 Å². The molecule has 0 radical (unpaired) electrons. The molecular formula is C28H31F3N4O2. The lowest BCUT2D eigenvalue weighted by atomic mass is 9.74. The van der Waals surface area contributed by atoms with Crippen molar-refractivity contribution in [3.8, 4) is 5.75 Å². The van der Waals surface area contributed by atoms with Crippen molar-refractivity contribution in [3.05, 3.63) is 88.8 Å². The number of benzene rings is 2. The van der Waals surface area contributed by atoms with Gasteiger partial charge in [0.15, 0.2) is 5.69 Å². The lowest BCUT2D eigenvalue weighted by molar-refractivity contribution is -0.275. The second-order valence-corrected chi connectivity index (χ2v) is 9.70. The van der Waals surface area contributed by atoms with Gasteiger partial charge in [0.05, 0.1) is 18.9 Å². The van der Waals surface area contributed by atoms with Crippen LogP contribution in [0, 0.1) is 18.9 Å². The maximum absolute atomic E-state index is 12.9. The van der Waals surface area contributed by atoms with Crippen LogP contribution in [-0.4, -0.2) is 47.6 Å². The molecular weight excluding hydrogens is 481 g/mol. The summed E-state index contributed by atoms with van der Waals surface area (Å²) in [6.07, 6.45) is -0.768. The third kappa shape index (κ3) is 6.90. The minimum absolute atomic E-state index is 0.142. The standard InChI is InChI=1S/C28H31F3N4O2/c1-21-33-17-25(35(21)18-22-8-10-24(32-2)11-9-22)19-34-14-12-27(13-15-34,20-36-3)16-23-6-4-5-7-26(23)37-28(29,30)31/h4-11,17H,12-16,18-20H2,1,3H3. The number of hydrogen-bond acceptors (Lipinski definition) is 4. The highest BCUT2D eigenvalue weighted by atomic mass is 19.4. The average molecular weight is 513 g/mol. The van der Waals surface area contributed by atoms with E-state index in [-0.39, 0.29) is 11.2 Å². The molecule has 0 unspecified atom stereocenters. The Bertz CT molecular complexity index is 1220. The number of methoxy groups -OCH3 is 1. The molecule has 6 nitrogen and oxygen atoms in total. The van der Waals surface area contributed by atoms with Gasteiger partial charge in [-0.25, -0.2) is 9.83 Å². The molecule has 0 amide bonds. The van der Waals surface area contributed by atoms with Gasteiger partial charge in [0.1, 0.15) is 11.6 Å². The summed E-state index contributed by atoms with van der Waals surface area (Å²) < 4.78 is 50.8. The summed E-state index contributed by atoms with van der Waals surface area (Å²) in [6.45, 7) is 12.6. The molecule has 0 bridgehead atoms. The number of nitrogens with zero attached hydrogens (tertiary/aromatic N) is 4. The number of halogens is 3. The molecule has 4 rings (SSSR count). The van der Waals surface area contributed by atoms with Gasteiger partial charge >= 0.3 is 6.36 Å². The third-order valence-electron chi connectivity index (χ3n) is 7.06. The number of ether oxygens (including phenoxy) is 2. The Morgan fingerprint density at radius 1 is 1.05 bits per heavy atom. The Kier molecular flexibility index (Phi) is 8.20. The number of likely N-dealkylation sites (tertiary alicyclic amines) is 1. The number of aryl methyl sites for hydroxylation is 1. The Hall–Kier alpha value is -3.35. The van der Waals surface area contributed by atoms with Crippen molar-refractivity contribution in [2.75, 3.05) is 26.8 Å². The maximum atomic E-state index is 12.9. The SMILES string of the molecule is [C-]#[N+]c1ccc(Cn2c(CN3CCC(COC)(Cc4ccccc4OC(F)(F)F)CC3)cnc2C)cc1. The zero-order valence-corrected chi connectivity index (χ0v) is 21.1. The van der Waals surface area contributed by atoms with Crippen molar-refractivity contribution in [1.29, 1.82) is 0 Å². The van der Waals surface area contributed by atoms with Crippen molar-refractivity contribution in [2.24, 2.45) is 5.41 Å². The molecule has 0 spiro atoms. The van der Waals surface area contributed by atoms with E-state index in [1.165, 1.54) is 6.07 Å². The normalized spacial score (nSPS) is 15.9. The zero-order valence-electron chi connectivity index (χ0n) is 21.1. The van der Waals surface area contributed by atoms with E-state index in [1.54, 1.807) is 25.3 Å². The predicted molar refractivity (Wildman–Crippen MR) is 134 cm³/mol. The number of alkyl halides is 3. The molecule has 196 valence electrons. The van der Waals surface area contributed by atoms with Crippen molar-refractivity contribution in [1.82, 2.24) is 14.5 Å². The molecule has 1 aliphatic heterocycles. The summed E-state index contributed by atoms with van der Waals surface area (Å²) in [5.74, 6) is 0.785. The largest absolute Gasteiger partial charge is 0.573 e. The van der Waals surface area contributed by atoms with Crippen molar-refractivity contribution >= 4 is 5.69 Å². The fourth-order valence-electron chi connectivity index (χ4n) is 5.09. The lowest BCUT2D eigenvalue weighted by Gasteiger charge is -2.42. The smallest absolute Gasteiger partial charge is 0.406 e. The Morgan fingerprint density at radius 3 is 2.41 bits per heavy atom. The van der Waals surface area contributed by atoms with Crippen LogP contribution in [0.4, 0.5) is 18.9 Å². The van der Waals surface area contributed by atoms with Gasteiger partial charge in [-0.15, -0.1) is 13.2 Å². The van der Waals surface area contributed by atoms with Gasteiger partial charge in [0.25, 0.3) is 0 Å². The molecule has 9 heteroatoms. The number of aromatic nitrogens is 2. The predicted octanol–water partition coefficient (Wildman–Crippen LogP) is 6.16. The van der Waals surface area contributed by atoms with Crippen LogP contribution in [-0.2, 0) is 24.2 Å². The highest BCUT2D eigenvalue weighted by Crippen LogP contribution is 2.39. The van der Waals surface area contributed by atoms with E-state index < -0.39 is 6.36 Å². The first-order valence-electron chi connectivity index (χ1n) is 12.2. The summed E-state index contributed by atoms with van der Waals surface area (Å²) in [4.78, 5) is 10.3.